The summed E-state index contributed by atoms with van der Waals surface area (Å²) in [5, 5.41) is 10.7. The number of nitrogen functional groups attached to an aromatic ring is 1. The molecule has 0 radical (unpaired) electrons. The second-order valence-electron chi connectivity index (χ2n) is 4.91. The number of halogens is 1. The lowest BCUT2D eigenvalue weighted by Gasteiger charge is -2.11. The fourth-order valence-corrected chi connectivity index (χ4v) is 2.10. The fraction of sp³-hybridized carbons (Fsp3) is 0.133. The average Bonchev–Trinajstić information content (AvgIpc) is 2.95. The summed E-state index contributed by atoms with van der Waals surface area (Å²) in [4.78, 5) is 8.28. The average molecular weight is 331 g/mol. The van der Waals surface area contributed by atoms with Crippen molar-refractivity contribution >= 4 is 34.7 Å². The predicted octanol–water partition coefficient (Wildman–Crippen LogP) is 3.36. The van der Waals surface area contributed by atoms with Gasteiger partial charge < -0.3 is 20.9 Å². The molecule has 0 aliphatic rings. The van der Waals surface area contributed by atoms with E-state index < -0.39 is 0 Å². The van der Waals surface area contributed by atoms with E-state index >= 15 is 0 Å². The topological polar surface area (TPSA) is 102 Å². The molecule has 23 heavy (non-hydrogen) atoms. The van der Waals surface area contributed by atoms with Crippen LogP contribution in [0.4, 0.5) is 23.1 Å². The van der Waals surface area contributed by atoms with Gasteiger partial charge in [0.25, 0.3) is 0 Å². The summed E-state index contributed by atoms with van der Waals surface area (Å²) in [5.74, 6) is 2.24. The molecule has 7 nitrogen and oxygen atoms in total. The number of nitrogens with one attached hydrogen (secondary N) is 2. The van der Waals surface area contributed by atoms with Crippen LogP contribution in [0, 0.1) is 6.92 Å². The Balaban J connectivity index is 1.72. The molecule has 8 heteroatoms. The van der Waals surface area contributed by atoms with Crippen molar-refractivity contribution in [3.63, 3.8) is 0 Å². The van der Waals surface area contributed by atoms with Crippen LogP contribution < -0.4 is 16.4 Å². The minimum absolute atomic E-state index is 0.405. The Labute approximate surface area is 137 Å². The summed E-state index contributed by atoms with van der Waals surface area (Å²) in [6.07, 6.45) is 1.43. The highest BCUT2D eigenvalue weighted by molar-refractivity contribution is 6.30. The van der Waals surface area contributed by atoms with Gasteiger partial charge in [-0.25, -0.2) is 9.97 Å². The van der Waals surface area contributed by atoms with Crippen molar-refractivity contribution in [3.05, 3.63) is 53.0 Å². The van der Waals surface area contributed by atoms with Crippen molar-refractivity contribution in [1.82, 2.24) is 15.1 Å². The molecule has 0 aliphatic carbocycles. The molecule has 0 saturated carbocycles. The predicted molar refractivity (Wildman–Crippen MR) is 89.7 cm³/mol. The summed E-state index contributed by atoms with van der Waals surface area (Å²) in [5.41, 5.74) is 7.57. The standard InChI is InChI=1S/C15H15ClN6O/c1-9-6-12(22-23-9)21-15-13(17)14(19-8-20-15)18-7-10-2-4-11(16)5-3-10/h2-6,8H,7,17H2,1H3,(H2,18,19,20,21,22). The van der Waals surface area contributed by atoms with Crippen LogP contribution in [0.15, 0.2) is 41.2 Å². The minimum atomic E-state index is 0.405. The van der Waals surface area contributed by atoms with Gasteiger partial charge in [0.2, 0.25) is 0 Å². The summed E-state index contributed by atoms with van der Waals surface area (Å²) < 4.78 is 5.00. The molecule has 0 saturated heterocycles. The van der Waals surface area contributed by atoms with Gasteiger partial charge in [-0.3, -0.25) is 0 Å². The van der Waals surface area contributed by atoms with Gasteiger partial charge in [-0.15, -0.1) is 0 Å². The molecule has 0 fully saturated rings. The Bertz CT molecular complexity index is 802. The number of hydrogen-bond donors (Lipinski definition) is 3. The van der Waals surface area contributed by atoms with Gasteiger partial charge in [-0.05, 0) is 24.6 Å². The van der Waals surface area contributed by atoms with Gasteiger partial charge in [0.15, 0.2) is 17.5 Å². The summed E-state index contributed by atoms with van der Waals surface area (Å²) in [6.45, 7) is 2.38. The van der Waals surface area contributed by atoms with E-state index in [4.69, 9.17) is 21.9 Å². The van der Waals surface area contributed by atoms with Gasteiger partial charge in [0, 0.05) is 17.6 Å². The molecule has 2 aromatic heterocycles. The van der Waals surface area contributed by atoms with Crippen molar-refractivity contribution in [1.29, 1.82) is 0 Å². The first kappa shape index (κ1) is 15.1. The van der Waals surface area contributed by atoms with E-state index in [0.717, 1.165) is 5.56 Å². The molecule has 0 bridgehead atoms. The van der Waals surface area contributed by atoms with Crippen molar-refractivity contribution < 1.29 is 4.52 Å². The second-order valence-corrected chi connectivity index (χ2v) is 5.35. The van der Waals surface area contributed by atoms with Crippen LogP contribution >= 0.6 is 11.6 Å². The largest absolute Gasteiger partial charge is 0.393 e. The zero-order valence-electron chi connectivity index (χ0n) is 12.4. The molecular weight excluding hydrogens is 316 g/mol. The maximum Gasteiger partial charge on any atom is 0.175 e. The smallest absolute Gasteiger partial charge is 0.175 e. The molecule has 0 atom stereocenters. The normalized spacial score (nSPS) is 10.5. The van der Waals surface area contributed by atoms with Crippen LogP contribution in [-0.2, 0) is 6.54 Å². The van der Waals surface area contributed by atoms with Gasteiger partial charge in [0.05, 0.1) is 0 Å². The number of nitrogens with two attached hydrogens (primary N) is 1. The Morgan fingerprint density at radius 2 is 1.91 bits per heavy atom. The van der Waals surface area contributed by atoms with Crippen molar-refractivity contribution in [2.24, 2.45) is 0 Å². The molecule has 0 spiro atoms. The number of aromatic nitrogens is 3. The van der Waals surface area contributed by atoms with Crippen LogP contribution in [0.5, 0.6) is 0 Å². The van der Waals surface area contributed by atoms with Crippen molar-refractivity contribution in [2.45, 2.75) is 13.5 Å². The number of nitrogens with zero attached hydrogens (tertiary/aromatic N) is 3. The highest BCUT2D eigenvalue weighted by atomic mass is 35.5. The Kier molecular flexibility index (Phi) is 4.29. The molecule has 3 rings (SSSR count). The van der Waals surface area contributed by atoms with E-state index in [0.29, 0.717) is 40.5 Å². The lowest BCUT2D eigenvalue weighted by Crippen LogP contribution is -2.08. The molecule has 4 N–H and O–H groups in total. The highest BCUT2D eigenvalue weighted by Gasteiger charge is 2.10. The Morgan fingerprint density at radius 1 is 1.17 bits per heavy atom. The van der Waals surface area contributed by atoms with Gasteiger partial charge in [0.1, 0.15) is 17.8 Å². The third-order valence-corrected chi connectivity index (χ3v) is 3.38. The fourth-order valence-electron chi connectivity index (χ4n) is 1.97. The van der Waals surface area contributed by atoms with E-state index in [1.807, 2.05) is 24.3 Å². The van der Waals surface area contributed by atoms with Crippen LogP contribution in [0.1, 0.15) is 11.3 Å². The third-order valence-electron chi connectivity index (χ3n) is 3.13. The van der Waals surface area contributed by atoms with E-state index in [9.17, 15) is 0 Å². The third kappa shape index (κ3) is 3.70. The molecule has 3 aromatic rings. The Hall–Kier alpha value is -2.80. The summed E-state index contributed by atoms with van der Waals surface area (Å²) >= 11 is 5.87. The highest BCUT2D eigenvalue weighted by Crippen LogP contribution is 2.26. The van der Waals surface area contributed by atoms with Crippen LogP contribution in [0.2, 0.25) is 5.02 Å². The van der Waals surface area contributed by atoms with E-state index in [2.05, 4.69) is 25.8 Å². The van der Waals surface area contributed by atoms with Crippen molar-refractivity contribution in [3.8, 4) is 0 Å². The van der Waals surface area contributed by atoms with Crippen molar-refractivity contribution in [2.75, 3.05) is 16.4 Å². The van der Waals surface area contributed by atoms with E-state index in [1.54, 1.807) is 13.0 Å². The number of anilines is 4. The van der Waals surface area contributed by atoms with E-state index in [1.165, 1.54) is 6.33 Å². The maximum atomic E-state index is 6.10. The first-order chi connectivity index (χ1) is 11.1. The SMILES string of the molecule is Cc1cc(Nc2ncnc(NCc3ccc(Cl)cc3)c2N)no1. The minimum Gasteiger partial charge on any atom is -0.393 e. The molecule has 1 aromatic carbocycles. The zero-order chi connectivity index (χ0) is 16.2. The Morgan fingerprint density at radius 3 is 2.61 bits per heavy atom. The van der Waals surface area contributed by atoms with Gasteiger partial charge >= 0.3 is 0 Å². The molecule has 0 amide bonds. The first-order valence-corrected chi connectivity index (χ1v) is 7.29. The van der Waals surface area contributed by atoms with Gasteiger partial charge in [-0.2, -0.15) is 0 Å². The zero-order valence-corrected chi connectivity index (χ0v) is 13.1. The quantitative estimate of drug-likeness (QED) is 0.659. The van der Waals surface area contributed by atoms with Crippen LogP contribution in [-0.4, -0.2) is 15.1 Å². The monoisotopic (exact) mass is 330 g/mol. The first-order valence-electron chi connectivity index (χ1n) is 6.91. The van der Waals surface area contributed by atoms with E-state index in [-0.39, 0.29) is 0 Å². The second kappa shape index (κ2) is 6.53. The molecule has 0 aliphatic heterocycles. The number of aryl methyl sites for hydroxylation is 1. The molecule has 0 unspecified atom stereocenters. The number of hydrogen-bond acceptors (Lipinski definition) is 7. The van der Waals surface area contributed by atoms with Crippen LogP contribution in [0.3, 0.4) is 0 Å². The number of benzene rings is 1. The van der Waals surface area contributed by atoms with Crippen LogP contribution in [0.25, 0.3) is 0 Å². The van der Waals surface area contributed by atoms with Gasteiger partial charge in [-0.1, -0.05) is 28.9 Å². The lowest BCUT2D eigenvalue weighted by atomic mass is 10.2. The number of rotatable bonds is 5. The molecule has 118 valence electrons. The molecular formula is C15H15ClN6O. The lowest BCUT2D eigenvalue weighted by molar-refractivity contribution is 0.400. The summed E-state index contributed by atoms with van der Waals surface area (Å²) in [6, 6.07) is 9.29. The maximum absolute atomic E-state index is 6.10. The summed E-state index contributed by atoms with van der Waals surface area (Å²) in [7, 11) is 0. The molecule has 2 heterocycles.